The van der Waals surface area contributed by atoms with Gasteiger partial charge in [-0.25, -0.2) is 0 Å². The molecule has 1 aliphatic heterocycles. The van der Waals surface area contributed by atoms with Crippen molar-refractivity contribution in [3.8, 4) is 0 Å². The second-order valence-electron chi connectivity index (χ2n) is 5.61. The van der Waals surface area contributed by atoms with Gasteiger partial charge in [-0.05, 0) is 51.4 Å². The van der Waals surface area contributed by atoms with Crippen molar-refractivity contribution in [1.82, 2.24) is 15.2 Å². The summed E-state index contributed by atoms with van der Waals surface area (Å²) in [4.78, 5) is 7.33. The molecular weight excluding hydrogens is 234 g/mol. The zero-order valence-electron chi connectivity index (χ0n) is 12.4. The summed E-state index contributed by atoms with van der Waals surface area (Å²) < 4.78 is 0. The minimum atomic E-state index is 0.706. The molecule has 0 saturated carbocycles. The maximum atomic E-state index is 4.77. The van der Waals surface area contributed by atoms with E-state index in [-0.39, 0.29) is 0 Å². The van der Waals surface area contributed by atoms with Crippen LogP contribution in [0.2, 0.25) is 0 Å². The lowest BCUT2D eigenvalue weighted by Gasteiger charge is -2.33. The highest BCUT2D eigenvalue weighted by Gasteiger charge is 2.18. The lowest BCUT2D eigenvalue weighted by molar-refractivity contribution is 0.151. The number of rotatable bonds is 6. The quantitative estimate of drug-likeness (QED) is 0.798. The first-order valence-corrected chi connectivity index (χ1v) is 7.69. The Morgan fingerprint density at radius 3 is 2.95 bits per heavy atom. The van der Waals surface area contributed by atoms with Crippen molar-refractivity contribution in [3.63, 3.8) is 0 Å². The van der Waals surface area contributed by atoms with Crippen molar-refractivity contribution in [2.75, 3.05) is 13.1 Å². The lowest BCUT2D eigenvalue weighted by Crippen LogP contribution is -2.37. The summed E-state index contributed by atoms with van der Waals surface area (Å²) in [7, 11) is 0. The highest BCUT2D eigenvalue weighted by Crippen LogP contribution is 2.18. The Kier molecular flexibility index (Phi) is 5.80. The Morgan fingerprint density at radius 1 is 1.32 bits per heavy atom. The standard InChI is InChI=1S/C16H27N3/c1-3-10-17-12-15-8-6-9-16(18-15)13-19-11-5-4-7-14(19)2/h6,8-9,14,17H,3-5,7,10-13H2,1-2H3. The molecule has 3 heteroatoms. The van der Waals surface area contributed by atoms with E-state index in [2.05, 4.69) is 42.3 Å². The Balaban J connectivity index is 1.90. The highest BCUT2D eigenvalue weighted by atomic mass is 15.2. The average Bonchev–Trinajstić information content (AvgIpc) is 2.42. The van der Waals surface area contributed by atoms with Gasteiger partial charge in [0.2, 0.25) is 0 Å². The van der Waals surface area contributed by atoms with Gasteiger partial charge >= 0.3 is 0 Å². The van der Waals surface area contributed by atoms with E-state index in [1.54, 1.807) is 0 Å². The molecule has 2 rings (SSSR count). The van der Waals surface area contributed by atoms with E-state index in [0.29, 0.717) is 6.04 Å². The first-order chi connectivity index (χ1) is 9.29. The summed E-state index contributed by atoms with van der Waals surface area (Å²) in [6.07, 6.45) is 5.22. The number of aromatic nitrogens is 1. The molecule has 1 N–H and O–H groups in total. The zero-order valence-corrected chi connectivity index (χ0v) is 12.4. The molecule has 19 heavy (non-hydrogen) atoms. The third-order valence-electron chi connectivity index (χ3n) is 3.90. The lowest BCUT2D eigenvalue weighted by atomic mass is 10.0. The third kappa shape index (κ3) is 4.59. The minimum absolute atomic E-state index is 0.706. The zero-order chi connectivity index (χ0) is 13.5. The van der Waals surface area contributed by atoms with E-state index >= 15 is 0 Å². The summed E-state index contributed by atoms with van der Waals surface area (Å²) >= 11 is 0. The average molecular weight is 261 g/mol. The van der Waals surface area contributed by atoms with Gasteiger partial charge in [0, 0.05) is 19.1 Å². The molecule has 1 atom stereocenters. The number of pyridine rings is 1. The fourth-order valence-electron chi connectivity index (χ4n) is 2.71. The Bertz CT molecular complexity index is 378. The van der Waals surface area contributed by atoms with Crippen LogP contribution >= 0.6 is 0 Å². The van der Waals surface area contributed by atoms with E-state index < -0.39 is 0 Å². The SMILES string of the molecule is CCCNCc1cccc(CN2CCCCC2C)n1. The highest BCUT2D eigenvalue weighted by molar-refractivity contribution is 5.11. The fraction of sp³-hybridized carbons (Fsp3) is 0.688. The van der Waals surface area contributed by atoms with Crippen LogP contribution in [0.5, 0.6) is 0 Å². The molecule has 1 aromatic heterocycles. The Hall–Kier alpha value is -0.930. The summed E-state index contributed by atoms with van der Waals surface area (Å²) in [5.41, 5.74) is 2.38. The van der Waals surface area contributed by atoms with E-state index in [4.69, 9.17) is 4.98 Å². The van der Waals surface area contributed by atoms with E-state index in [1.807, 2.05) is 0 Å². The minimum Gasteiger partial charge on any atom is -0.311 e. The van der Waals surface area contributed by atoms with Gasteiger partial charge in [-0.15, -0.1) is 0 Å². The molecule has 2 heterocycles. The van der Waals surface area contributed by atoms with Crippen LogP contribution in [0.3, 0.4) is 0 Å². The van der Waals surface area contributed by atoms with Gasteiger partial charge in [-0.3, -0.25) is 9.88 Å². The van der Waals surface area contributed by atoms with Gasteiger partial charge in [0.25, 0.3) is 0 Å². The van der Waals surface area contributed by atoms with E-state index in [9.17, 15) is 0 Å². The molecular formula is C16H27N3. The maximum absolute atomic E-state index is 4.77. The predicted octanol–water partition coefficient (Wildman–Crippen LogP) is 2.96. The monoisotopic (exact) mass is 261 g/mol. The molecule has 1 fully saturated rings. The summed E-state index contributed by atoms with van der Waals surface area (Å²) in [6.45, 7) is 8.71. The summed E-state index contributed by atoms with van der Waals surface area (Å²) in [6, 6.07) is 7.12. The van der Waals surface area contributed by atoms with Crippen molar-refractivity contribution in [3.05, 3.63) is 29.6 Å². The van der Waals surface area contributed by atoms with Crippen LogP contribution in [0.25, 0.3) is 0 Å². The van der Waals surface area contributed by atoms with Crippen molar-refractivity contribution in [1.29, 1.82) is 0 Å². The molecule has 1 aliphatic rings. The summed E-state index contributed by atoms with van der Waals surface area (Å²) in [5.74, 6) is 0. The maximum Gasteiger partial charge on any atom is 0.0547 e. The topological polar surface area (TPSA) is 28.2 Å². The van der Waals surface area contributed by atoms with Gasteiger partial charge in [0.15, 0.2) is 0 Å². The molecule has 1 unspecified atom stereocenters. The van der Waals surface area contributed by atoms with Crippen LogP contribution in [-0.2, 0) is 13.1 Å². The fourth-order valence-corrected chi connectivity index (χ4v) is 2.71. The molecule has 0 radical (unpaired) electrons. The number of nitrogens with zero attached hydrogens (tertiary/aromatic N) is 2. The predicted molar refractivity (Wildman–Crippen MR) is 80.0 cm³/mol. The molecule has 0 aliphatic carbocycles. The smallest absolute Gasteiger partial charge is 0.0547 e. The van der Waals surface area contributed by atoms with E-state index in [1.165, 1.54) is 37.9 Å². The third-order valence-corrected chi connectivity index (χ3v) is 3.90. The summed E-state index contributed by atoms with van der Waals surface area (Å²) in [5, 5.41) is 3.41. The molecule has 3 nitrogen and oxygen atoms in total. The molecule has 1 aromatic rings. The number of piperidine rings is 1. The van der Waals surface area contributed by atoms with Crippen LogP contribution in [0.15, 0.2) is 18.2 Å². The number of hydrogen-bond donors (Lipinski definition) is 1. The van der Waals surface area contributed by atoms with E-state index in [0.717, 1.165) is 25.3 Å². The molecule has 1 saturated heterocycles. The second kappa shape index (κ2) is 7.61. The van der Waals surface area contributed by atoms with Gasteiger partial charge < -0.3 is 5.32 Å². The van der Waals surface area contributed by atoms with Crippen LogP contribution in [0.1, 0.15) is 50.9 Å². The number of likely N-dealkylation sites (tertiary alicyclic amines) is 1. The number of nitrogens with one attached hydrogen (secondary N) is 1. The van der Waals surface area contributed by atoms with Gasteiger partial charge in [0.1, 0.15) is 0 Å². The van der Waals surface area contributed by atoms with Gasteiger partial charge in [-0.1, -0.05) is 19.4 Å². The van der Waals surface area contributed by atoms with Crippen molar-refractivity contribution >= 4 is 0 Å². The van der Waals surface area contributed by atoms with Gasteiger partial charge in [-0.2, -0.15) is 0 Å². The number of hydrogen-bond acceptors (Lipinski definition) is 3. The molecule has 0 bridgehead atoms. The first-order valence-electron chi connectivity index (χ1n) is 7.69. The second-order valence-corrected chi connectivity index (χ2v) is 5.61. The van der Waals surface area contributed by atoms with Crippen molar-refractivity contribution in [2.24, 2.45) is 0 Å². The van der Waals surface area contributed by atoms with Crippen molar-refractivity contribution in [2.45, 2.75) is 58.7 Å². The van der Waals surface area contributed by atoms with Crippen LogP contribution in [0, 0.1) is 0 Å². The normalized spacial score (nSPS) is 20.6. The molecule has 0 aromatic carbocycles. The van der Waals surface area contributed by atoms with Crippen LogP contribution in [0.4, 0.5) is 0 Å². The molecule has 0 amide bonds. The first kappa shape index (κ1) is 14.5. The Labute approximate surface area is 117 Å². The largest absolute Gasteiger partial charge is 0.311 e. The van der Waals surface area contributed by atoms with Crippen LogP contribution in [-0.4, -0.2) is 29.0 Å². The van der Waals surface area contributed by atoms with Gasteiger partial charge in [0.05, 0.1) is 11.4 Å². The van der Waals surface area contributed by atoms with Crippen molar-refractivity contribution < 1.29 is 0 Å². The molecule has 0 spiro atoms. The molecule has 106 valence electrons. The van der Waals surface area contributed by atoms with Crippen LogP contribution < -0.4 is 5.32 Å². The Morgan fingerprint density at radius 2 is 2.16 bits per heavy atom.